The zero-order valence-electron chi connectivity index (χ0n) is 18.9. The van der Waals surface area contributed by atoms with Crippen LogP contribution < -0.4 is 10.1 Å². The summed E-state index contributed by atoms with van der Waals surface area (Å²) in [7, 11) is 0. The van der Waals surface area contributed by atoms with Crippen LogP contribution in [0.25, 0.3) is 0 Å². The minimum atomic E-state index is -1.61. The highest BCUT2D eigenvalue weighted by atomic mass is 19.2. The van der Waals surface area contributed by atoms with E-state index in [2.05, 4.69) is 10.4 Å². The van der Waals surface area contributed by atoms with E-state index >= 15 is 0 Å². The van der Waals surface area contributed by atoms with Gasteiger partial charge in [-0.3, -0.25) is 9.48 Å². The first-order valence-electron chi connectivity index (χ1n) is 10.7. The second kappa shape index (κ2) is 10.0. The molecule has 1 amide bonds. The molecule has 0 bridgehead atoms. The number of ether oxygens (including phenoxy) is 1. The molecule has 180 valence electrons. The summed E-state index contributed by atoms with van der Waals surface area (Å²) in [6.07, 6.45) is 0. The van der Waals surface area contributed by atoms with Crippen LogP contribution in [0.2, 0.25) is 0 Å². The molecule has 0 aliphatic rings. The molecule has 4 rings (SSSR count). The van der Waals surface area contributed by atoms with E-state index in [0.717, 1.165) is 11.3 Å². The summed E-state index contributed by atoms with van der Waals surface area (Å²) in [6, 6.07) is 16.0. The summed E-state index contributed by atoms with van der Waals surface area (Å²) in [5.74, 6) is -7.83. The van der Waals surface area contributed by atoms with Crippen molar-refractivity contribution in [1.29, 1.82) is 0 Å². The number of hydrogen-bond donors (Lipinski definition) is 1. The molecule has 0 atom stereocenters. The zero-order valence-corrected chi connectivity index (χ0v) is 18.9. The monoisotopic (exact) mass is 483 g/mol. The number of nitrogens with zero attached hydrogens (tertiary/aromatic N) is 2. The minimum Gasteiger partial charge on any atom is -0.483 e. The third-order valence-electron chi connectivity index (χ3n) is 5.47. The molecule has 0 spiro atoms. The second-order valence-corrected chi connectivity index (χ2v) is 7.93. The molecule has 1 aromatic heterocycles. The fourth-order valence-electron chi connectivity index (χ4n) is 3.56. The molecule has 0 saturated heterocycles. The van der Waals surface area contributed by atoms with Gasteiger partial charge in [-0.15, -0.1) is 0 Å². The molecule has 0 radical (unpaired) electrons. The lowest BCUT2D eigenvalue weighted by Crippen LogP contribution is -2.13. The van der Waals surface area contributed by atoms with E-state index in [0.29, 0.717) is 29.1 Å². The summed E-state index contributed by atoms with van der Waals surface area (Å²) in [4.78, 5) is 12.8. The minimum absolute atomic E-state index is 0.111. The van der Waals surface area contributed by atoms with E-state index in [1.807, 2.05) is 41.9 Å². The number of nitrogens with one attached hydrogen (secondary N) is 1. The number of carbonyl (C=O) groups excluding carboxylic acids is 1. The maximum atomic E-state index is 13.7. The van der Waals surface area contributed by atoms with Crippen molar-refractivity contribution in [3.05, 3.63) is 112 Å². The van der Waals surface area contributed by atoms with Gasteiger partial charge in [-0.2, -0.15) is 13.9 Å². The third-order valence-corrected chi connectivity index (χ3v) is 5.47. The predicted molar refractivity (Wildman–Crippen MR) is 122 cm³/mol. The molecule has 1 heterocycles. The third kappa shape index (κ3) is 5.18. The molecule has 0 unspecified atom stereocenters. The SMILES string of the molecule is Cc1nn(Cc2ccccc2)c(C)c1NC(=O)c1ccc(COc2c(F)c(F)cc(F)c2F)cc1. The summed E-state index contributed by atoms with van der Waals surface area (Å²) in [5.41, 5.74) is 3.93. The molecular formula is C26H21F4N3O2. The fourth-order valence-corrected chi connectivity index (χ4v) is 3.56. The van der Waals surface area contributed by atoms with Crippen molar-refractivity contribution in [3.8, 4) is 5.75 Å². The maximum absolute atomic E-state index is 13.7. The van der Waals surface area contributed by atoms with Crippen LogP contribution in [0.3, 0.4) is 0 Å². The zero-order chi connectivity index (χ0) is 25.1. The van der Waals surface area contributed by atoms with Gasteiger partial charge in [0.1, 0.15) is 6.61 Å². The molecule has 4 aromatic rings. The van der Waals surface area contributed by atoms with Crippen LogP contribution in [0.5, 0.6) is 5.75 Å². The van der Waals surface area contributed by atoms with Gasteiger partial charge in [0.15, 0.2) is 17.4 Å². The van der Waals surface area contributed by atoms with Crippen LogP contribution in [0, 0.1) is 37.1 Å². The first-order valence-corrected chi connectivity index (χ1v) is 10.7. The Balaban J connectivity index is 1.43. The van der Waals surface area contributed by atoms with Crippen LogP contribution in [-0.2, 0) is 13.2 Å². The Labute approximate surface area is 199 Å². The molecule has 9 heteroatoms. The van der Waals surface area contributed by atoms with Crippen molar-refractivity contribution in [2.45, 2.75) is 27.0 Å². The molecule has 0 aliphatic heterocycles. The van der Waals surface area contributed by atoms with E-state index in [-0.39, 0.29) is 18.6 Å². The van der Waals surface area contributed by atoms with Gasteiger partial charge >= 0.3 is 0 Å². The topological polar surface area (TPSA) is 56.2 Å². The number of hydrogen-bond acceptors (Lipinski definition) is 3. The summed E-state index contributed by atoms with van der Waals surface area (Å²) in [5, 5.41) is 7.39. The highest BCUT2D eigenvalue weighted by Crippen LogP contribution is 2.27. The first kappa shape index (κ1) is 24.0. The van der Waals surface area contributed by atoms with Gasteiger partial charge in [0.2, 0.25) is 11.6 Å². The van der Waals surface area contributed by atoms with Crippen molar-refractivity contribution in [2.24, 2.45) is 0 Å². The average molecular weight is 483 g/mol. The van der Waals surface area contributed by atoms with Gasteiger partial charge in [0, 0.05) is 11.6 Å². The van der Waals surface area contributed by atoms with Gasteiger partial charge in [-0.1, -0.05) is 42.5 Å². The van der Waals surface area contributed by atoms with Gasteiger partial charge in [-0.25, -0.2) is 8.78 Å². The van der Waals surface area contributed by atoms with E-state index < -0.39 is 29.0 Å². The first-order chi connectivity index (χ1) is 16.7. The average Bonchev–Trinajstić information content (AvgIpc) is 3.11. The van der Waals surface area contributed by atoms with Crippen LogP contribution in [0.1, 0.15) is 32.9 Å². The van der Waals surface area contributed by atoms with Crippen molar-refractivity contribution >= 4 is 11.6 Å². The number of halogens is 4. The Bertz CT molecular complexity index is 1340. The van der Waals surface area contributed by atoms with E-state index in [1.165, 1.54) is 24.3 Å². The highest BCUT2D eigenvalue weighted by molar-refractivity contribution is 6.04. The Morgan fingerprint density at radius 2 is 1.54 bits per heavy atom. The van der Waals surface area contributed by atoms with Crippen molar-refractivity contribution in [1.82, 2.24) is 9.78 Å². The predicted octanol–water partition coefficient (Wildman–Crippen LogP) is 5.94. The van der Waals surface area contributed by atoms with Crippen LogP contribution in [0.4, 0.5) is 23.2 Å². The van der Waals surface area contributed by atoms with Gasteiger partial charge in [-0.05, 0) is 37.1 Å². The van der Waals surface area contributed by atoms with E-state index in [4.69, 9.17) is 4.74 Å². The molecule has 0 aliphatic carbocycles. The number of benzene rings is 3. The Morgan fingerprint density at radius 3 is 2.17 bits per heavy atom. The molecule has 3 aromatic carbocycles. The van der Waals surface area contributed by atoms with Gasteiger partial charge in [0.05, 0.1) is 23.6 Å². The number of amides is 1. The second-order valence-electron chi connectivity index (χ2n) is 7.93. The van der Waals surface area contributed by atoms with E-state index in [1.54, 1.807) is 6.92 Å². The van der Waals surface area contributed by atoms with Gasteiger partial charge in [0.25, 0.3) is 5.91 Å². The quantitative estimate of drug-likeness (QED) is 0.262. The lowest BCUT2D eigenvalue weighted by atomic mass is 10.1. The Morgan fingerprint density at radius 1 is 0.914 bits per heavy atom. The number of rotatable bonds is 7. The molecule has 0 saturated carbocycles. The van der Waals surface area contributed by atoms with Crippen LogP contribution >= 0.6 is 0 Å². The Hall–Kier alpha value is -4.14. The van der Waals surface area contributed by atoms with Crippen molar-refractivity contribution in [3.63, 3.8) is 0 Å². The van der Waals surface area contributed by atoms with Crippen LogP contribution in [0.15, 0.2) is 60.7 Å². The van der Waals surface area contributed by atoms with Crippen molar-refractivity contribution < 1.29 is 27.1 Å². The number of aromatic nitrogens is 2. The maximum Gasteiger partial charge on any atom is 0.255 e. The van der Waals surface area contributed by atoms with E-state index in [9.17, 15) is 22.4 Å². The smallest absolute Gasteiger partial charge is 0.255 e. The summed E-state index contributed by atoms with van der Waals surface area (Å²) in [6.45, 7) is 3.88. The molecule has 35 heavy (non-hydrogen) atoms. The number of aryl methyl sites for hydroxylation is 1. The lowest BCUT2D eigenvalue weighted by molar-refractivity contribution is 0.102. The fraction of sp³-hybridized carbons (Fsp3) is 0.154. The molecule has 5 nitrogen and oxygen atoms in total. The largest absolute Gasteiger partial charge is 0.483 e. The molecular weight excluding hydrogens is 462 g/mol. The summed E-state index contributed by atoms with van der Waals surface area (Å²) < 4.78 is 60.9. The van der Waals surface area contributed by atoms with Gasteiger partial charge < -0.3 is 10.1 Å². The van der Waals surface area contributed by atoms with Crippen molar-refractivity contribution in [2.75, 3.05) is 5.32 Å². The molecule has 1 N–H and O–H groups in total. The Kier molecular flexibility index (Phi) is 6.86. The lowest BCUT2D eigenvalue weighted by Gasteiger charge is -2.10. The highest BCUT2D eigenvalue weighted by Gasteiger charge is 2.21. The molecule has 0 fully saturated rings. The normalized spacial score (nSPS) is 10.9. The van der Waals surface area contributed by atoms with Crippen LogP contribution in [-0.4, -0.2) is 15.7 Å². The number of carbonyl (C=O) groups is 1. The standard InChI is InChI=1S/C26H21F4N3O2/c1-15-24(16(2)33(32-15)13-17-6-4-3-5-7-17)31-26(34)19-10-8-18(9-11-19)14-35-25-22(29)20(27)12-21(28)23(25)30/h3-12H,13-14H2,1-2H3,(H,31,34). The number of anilines is 1. The summed E-state index contributed by atoms with van der Waals surface area (Å²) >= 11 is 0.